The lowest BCUT2D eigenvalue weighted by molar-refractivity contribution is -0.137. The van der Waals surface area contributed by atoms with E-state index in [1.165, 1.54) is 23.5 Å². The van der Waals surface area contributed by atoms with E-state index in [0.717, 1.165) is 28.1 Å². The highest BCUT2D eigenvalue weighted by atomic mass is 32.1. The quantitative estimate of drug-likeness (QED) is 0.400. The van der Waals surface area contributed by atoms with Gasteiger partial charge >= 0.3 is 11.9 Å². The molecule has 162 valence electrons. The van der Waals surface area contributed by atoms with Crippen molar-refractivity contribution in [2.75, 3.05) is 5.32 Å². The molecule has 0 saturated carbocycles. The number of nitrogens with zero attached hydrogens (tertiary/aromatic N) is 1. The van der Waals surface area contributed by atoms with Crippen molar-refractivity contribution in [2.45, 2.75) is 31.6 Å². The Morgan fingerprint density at radius 3 is 2.68 bits per heavy atom. The standard InChI is InChI=1S/C21H19F3N4O2S/c1-11(15(25)8-12-2-5-14(6-3-12)21(22,23)24)27-19-26-10-18(31-19)13-4-7-16-17(9-13)30-20(29)28-16/h2-7,9-11,15H,8,25H2,1H3,(H,26,27)(H,28,29)/t11-,15-/m1/s1. The maximum Gasteiger partial charge on any atom is 0.417 e. The van der Waals surface area contributed by atoms with E-state index in [1.54, 1.807) is 18.3 Å². The third-order valence-electron chi connectivity index (χ3n) is 4.96. The van der Waals surface area contributed by atoms with Crippen molar-refractivity contribution in [1.29, 1.82) is 0 Å². The number of halogens is 3. The monoisotopic (exact) mass is 448 g/mol. The molecule has 0 saturated heterocycles. The molecule has 0 bridgehead atoms. The Kier molecular flexibility index (Phi) is 5.59. The number of hydrogen-bond acceptors (Lipinski definition) is 6. The summed E-state index contributed by atoms with van der Waals surface area (Å²) in [6, 6.07) is 9.95. The summed E-state index contributed by atoms with van der Waals surface area (Å²) in [5, 5.41) is 3.92. The first-order chi connectivity index (χ1) is 14.7. The highest BCUT2D eigenvalue weighted by Gasteiger charge is 2.30. The fraction of sp³-hybridized carbons (Fsp3) is 0.238. The Labute approximate surface area is 178 Å². The van der Waals surface area contributed by atoms with Crippen molar-refractivity contribution >= 4 is 27.6 Å². The number of H-pyrrole nitrogens is 1. The lowest BCUT2D eigenvalue weighted by Crippen LogP contribution is -2.39. The molecular weight excluding hydrogens is 429 g/mol. The van der Waals surface area contributed by atoms with Crippen LogP contribution in [0.1, 0.15) is 18.1 Å². The predicted octanol–water partition coefficient (Wildman–Crippen LogP) is 4.63. The highest BCUT2D eigenvalue weighted by molar-refractivity contribution is 7.18. The average molecular weight is 448 g/mol. The first-order valence-corrected chi connectivity index (χ1v) is 10.3. The van der Waals surface area contributed by atoms with Gasteiger partial charge in [-0.1, -0.05) is 29.5 Å². The van der Waals surface area contributed by atoms with Gasteiger partial charge in [-0.2, -0.15) is 13.2 Å². The van der Waals surface area contributed by atoms with Gasteiger partial charge in [-0.05, 0) is 48.7 Å². The molecule has 6 nitrogen and oxygen atoms in total. The van der Waals surface area contributed by atoms with Gasteiger partial charge in [0, 0.05) is 18.3 Å². The van der Waals surface area contributed by atoms with Crippen molar-refractivity contribution in [2.24, 2.45) is 5.73 Å². The molecule has 0 aliphatic carbocycles. The molecule has 0 unspecified atom stereocenters. The van der Waals surface area contributed by atoms with Crippen LogP contribution in [0.25, 0.3) is 21.5 Å². The van der Waals surface area contributed by atoms with Gasteiger partial charge in [0.25, 0.3) is 0 Å². The van der Waals surface area contributed by atoms with Gasteiger partial charge in [-0.3, -0.25) is 4.98 Å². The lowest BCUT2D eigenvalue weighted by atomic mass is 10.0. The number of oxazole rings is 1. The highest BCUT2D eigenvalue weighted by Crippen LogP contribution is 2.31. The number of benzene rings is 2. The maximum atomic E-state index is 12.7. The van der Waals surface area contributed by atoms with Gasteiger partial charge in [-0.25, -0.2) is 9.78 Å². The summed E-state index contributed by atoms with van der Waals surface area (Å²) < 4.78 is 43.2. The zero-order valence-corrected chi connectivity index (χ0v) is 17.2. The van der Waals surface area contributed by atoms with Crippen LogP contribution in [0.5, 0.6) is 0 Å². The number of anilines is 1. The van der Waals surface area contributed by atoms with Gasteiger partial charge in [0.2, 0.25) is 0 Å². The molecule has 0 spiro atoms. The van der Waals surface area contributed by atoms with E-state index >= 15 is 0 Å². The van der Waals surface area contributed by atoms with Crippen LogP contribution < -0.4 is 16.8 Å². The summed E-state index contributed by atoms with van der Waals surface area (Å²) in [5.41, 5.74) is 8.26. The molecule has 31 heavy (non-hydrogen) atoms. The van der Waals surface area contributed by atoms with Crippen LogP contribution in [0.4, 0.5) is 18.3 Å². The van der Waals surface area contributed by atoms with Crippen LogP contribution in [0.3, 0.4) is 0 Å². The molecule has 4 rings (SSSR count). The number of thiazole rings is 1. The number of fused-ring (bicyclic) bond motifs is 1. The normalized spacial score (nSPS) is 14.0. The van der Waals surface area contributed by atoms with Crippen molar-refractivity contribution in [3.8, 4) is 10.4 Å². The molecule has 0 radical (unpaired) electrons. The Bertz CT molecular complexity index is 1240. The van der Waals surface area contributed by atoms with Crippen LogP contribution in [-0.2, 0) is 12.6 Å². The van der Waals surface area contributed by atoms with Crippen LogP contribution in [0.2, 0.25) is 0 Å². The first-order valence-electron chi connectivity index (χ1n) is 9.46. The number of aromatic amines is 1. The van der Waals surface area contributed by atoms with Gasteiger partial charge in [-0.15, -0.1) is 0 Å². The minimum Gasteiger partial charge on any atom is -0.408 e. The van der Waals surface area contributed by atoms with Crippen molar-refractivity contribution in [3.63, 3.8) is 0 Å². The zero-order chi connectivity index (χ0) is 22.2. The Morgan fingerprint density at radius 2 is 1.97 bits per heavy atom. The fourth-order valence-corrected chi connectivity index (χ4v) is 4.06. The molecule has 0 amide bonds. The maximum absolute atomic E-state index is 12.7. The Balaban J connectivity index is 1.40. The summed E-state index contributed by atoms with van der Waals surface area (Å²) in [5.74, 6) is -0.505. The summed E-state index contributed by atoms with van der Waals surface area (Å²) in [6.45, 7) is 1.90. The minimum absolute atomic E-state index is 0.161. The third kappa shape index (κ3) is 4.80. The van der Waals surface area contributed by atoms with Crippen molar-refractivity contribution in [1.82, 2.24) is 9.97 Å². The minimum atomic E-state index is -4.35. The van der Waals surface area contributed by atoms with E-state index in [1.807, 2.05) is 13.0 Å². The van der Waals surface area contributed by atoms with Gasteiger partial charge in [0.1, 0.15) is 0 Å². The van der Waals surface area contributed by atoms with Gasteiger partial charge in [0.05, 0.1) is 16.0 Å². The number of aromatic nitrogens is 2. The summed E-state index contributed by atoms with van der Waals surface area (Å²) in [7, 11) is 0. The van der Waals surface area contributed by atoms with Crippen molar-refractivity contribution in [3.05, 3.63) is 70.3 Å². The predicted molar refractivity (Wildman–Crippen MR) is 114 cm³/mol. The summed E-state index contributed by atoms with van der Waals surface area (Å²) >= 11 is 1.43. The molecule has 0 fully saturated rings. The first kappa shape index (κ1) is 21.1. The Hall–Kier alpha value is -3.11. The van der Waals surface area contributed by atoms with Gasteiger partial charge in [0.15, 0.2) is 10.7 Å². The summed E-state index contributed by atoms with van der Waals surface area (Å²) in [6.07, 6.45) is -2.21. The largest absolute Gasteiger partial charge is 0.417 e. The van der Waals surface area contributed by atoms with E-state index < -0.39 is 17.5 Å². The molecular formula is C21H19F3N4O2S. The number of nitrogens with one attached hydrogen (secondary N) is 2. The number of rotatable bonds is 6. The second-order valence-electron chi connectivity index (χ2n) is 7.25. The number of hydrogen-bond donors (Lipinski definition) is 3. The van der Waals surface area contributed by atoms with Crippen LogP contribution in [0.15, 0.2) is 57.9 Å². The molecule has 2 aromatic heterocycles. The van der Waals surface area contributed by atoms with E-state index in [-0.39, 0.29) is 12.1 Å². The van der Waals surface area contributed by atoms with E-state index in [9.17, 15) is 18.0 Å². The molecule has 10 heteroatoms. The molecule has 4 N–H and O–H groups in total. The third-order valence-corrected chi connectivity index (χ3v) is 5.93. The molecule has 0 aliphatic heterocycles. The number of alkyl halides is 3. The second-order valence-corrected chi connectivity index (χ2v) is 8.28. The van der Waals surface area contributed by atoms with Crippen molar-refractivity contribution < 1.29 is 17.6 Å². The van der Waals surface area contributed by atoms with Crippen LogP contribution >= 0.6 is 11.3 Å². The van der Waals surface area contributed by atoms with E-state index in [2.05, 4.69) is 15.3 Å². The van der Waals surface area contributed by atoms with Crippen LogP contribution in [-0.4, -0.2) is 22.1 Å². The summed E-state index contributed by atoms with van der Waals surface area (Å²) in [4.78, 5) is 19.2. The fourth-order valence-electron chi connectivity index (χ4n) is 3.15. The zero-order valence-electron chi connectivity index (χ0n) is 16.4. The van der Waals surface area contributed by atoms with Crippen LogP contribution in [0, 0.1) is 0 Å². The molecule has 2 heterocycles. The Morgan fingerprint density at radius 1 is 1.23 bits per heavy atom. The SMILES string of the molecule is C[C@@H](Nc1ncc(-c2ccc3[nH]c(=O)oc3c2)s1)[C@H](N)Cc1ccc(C(F)(F)F)cc1. The van der Waals surface area contributed by atoms with Gasteiger partial charge < -0.3 is 15.5 Å². The number of nitrogens with two attached hydrogens (primary N) is 1. The topological polar surface area (TPSA) is 96.9 Å². The smallest absolute Gasteiger partial charge is 0.408 e. The molecule has 0 aliphatic rings. The molecule has 2 atom stereocenters. The second kappa shape index (κ2) is 8.20. The average Bonchev–Trinajstić information content (AvgIpc) is 3.32. The van der Waals surface area contributed by atoms with E-state index in [4.69, 9.17) is 10.2 Å². The lowest BCUT2D eigenvalue weighted by Gasteiger charge is -2.21. The van der Waals surface area contributed by atoms with E-state index in [0.29, 0.717) is 22.7 Å². The molecule has 2 aromatic carbocycles. The molecule has 4 aromatic rings.